The largest absolute Gasteiger partial charge is 0.375 e. The molecular formula is C12H16FNO. The molecule has 0 N–H and O–H groups in total. The first-order valence-electron chi connectivity index (χ1n) is 5.04. The topological polar surface area (TPSA) is 20.3 Å². The second-order valence-electron chi connectivity index (χ2n) is 3.74. The fourth-order valence-corrected chi connectivity index (χ4v) is 1.46. The minimum atomic E-state index is -0.205. The van der Waals surface area contributed by atoms with Crippen molar-refractivity contribution in [2.45, 2.75) is 19.3 Å². The van der Waals surface area contributed by atoms with Gasteiger partial charge in [-0.2, -0.15) is 0 Å². The fraction of sp³-hybridized carbons (Fsp3) is 0.417. The Morgan fingerprint density at radius 3 is 2.67 bits per heavy atom. The molecule has 1 aromatic carbocycles. The first-order valence-corrected chi connectivity index (χ1v) is 5.04. The van der Waals surface area contributed by atoms with Crippen LogP contribution >= 0.6 is 0 Å². The summed E-state index contributed by atoms with van der Waals surface area (Å²) in [6, 6.07) is 5.22. The highest BCUT2D eigenvalue weighted by Gasteiger charge is 2.04. The molecule has 0 unspecified atom stereocenters. The molecule has 0 fully saturated rings. The number of benzene rings is 1. The van der Waals surface area contributed by atoms with Crippen LogP contribution in [0, 0.1) is 5.82 Å². The van der Waals surface area contributed by atoms with E-state index in [9.17, 15) is 9.18 Å². The average molecular weight is 209 g/mol. The number of halogens is 1. The van der Waals surface area contributed by atoms with Gasteiger partial charge in [0.05, 0.1) is 5.69 Å². The molecule has 0 bridgehead atoms. The standard InChI is InChI=1S/C12H16FNO/c1-14(2)12-7-6-10(9-11(12)13)5-3-4-8-15/h6-9H,3-5H2,1-2H3. The molecule has 1 aromatic rings. The minimum absolute atomic E-state index is 0.205. The maximum Gasteiger partial charge on any atom is 0.146 e. The Bertz CT molecular complexity index is 336. The van der Waals surface area contributed by atoms with E-state index in [0.717, 1.165) is 24.7 Å². The van der Waals surface area contributed by atoms with Gasteiger partial charge in [-0.25, -0.2) is 4.39 Å². The van der Waals surface area contributed by atoms with Crippen molar-refractivity contribution in [1.29, 1.82) is 0 Å². The lowest BCUT2D eigenvalue weighted by molar-refractivity contribution is -0.107. The van der Waals surface area contributed by atoms with E-state index < -0.39 is 0 Å². The van der Waals surface area contributed by atoms with Gasteiger partial charge in [-0.15, -0.1) is 0 Å². The zero-order valence-corrected chi connectivity index (χ0v) is 9.16. The summed E-state index contributed by atoms with van der Waals surface area (Å²) in [4.78, 5) is 11.9. The third kappa shape index (κ3) is 3.35. The first-order chi connectivity index (χ1) is 7.15. The number of unbranched alkanes of at least 4 members (excludes halogenated alkanes) is 1. The van der Waals surface area contributed by atoms with Gasteiger partial charge < -0.3 is 9.69 Å². The molecule has 0 saturated carbocycles. The van der Waals surface area contributed by atoms with E-state index in [0.29, 0.717) is 12.1 Å². The van der Waals surface area contributed by atoms with Crippen LogP contribution < -0.4 is 4.90 Å². The van der Waals surface area contributed by atoms with Crippen LogP contribution in [0.4, 0.5) is 10.1 Å². The SMILES string of the molecule is CN(C)c1ccc(CCCC=O)cc1F. The third-order valence-corrected chi connectivity index (χ3v) is 2.28. The van der Waals surface area contributed by atoms with Crippen LogP contribution in [0.3, 0.4) is 0 Å². The van der Waals surface area contributed by atoms with Crippen LogP contribution in [0.25, 0.3) is 0 Å². The maximum atomic E-state index is 13.5. The summed E-state index contributed by atoms with van der Waals surface area (Å²) in [5.74, 6) is -0.205. The van der Waals surface area contributed by atoms with E-state index in [1.165, 1.54) is 0 Å². The molecule has 0 spiro atoms. The molecule has 0 aromatic heterocycles. The van der Waals surface area contributed by atoms with Crippen molar-refractivity contribution < 1.29 is 9.18 Å². The van der Waals surface area contributed by atoms with Gasteiger partial charge >= 0.3 is 0 Å². The summed E-state index contributed by atoms with van der Waals surface area (Å²) in [5.41, 5.74) is 1.54. The predicted octanol–water partition coefficient (Wildman–Crippen LogP) is 2.41. The van der Waals surface area contributed by atoms with Crippen molar-refractivity contribution in [1.82, 2.24) is 0 Å². The number of rotatable bonds is 5. The van der Waals surface area contributed by atoms with Crippen molar-refractivity contribution in [2.24, 2.45) is 0 Å². The molecule has 0 saturated heterocycles. The van der Waals surface area contributed by atoms with E-state index in [1.54, 1.807) is 17.0 Å². The lowest BCUT2D eigenvalue weighted by Gasteiger charge is -2.14. The van der Waals surface area contributed by atoms with E-state index in [2.05, 4.69) is 0 Å². The highest BCUT2D eigenvalue weighted by Crippen LogP contribution is 2.19. The van der Waals surface area contributed by atoms with Gasteiger partial charge in [-0.1, -0.05) is 6.07 Å². The average Bonchev–Trinajstić information content (AvgIpc) is 2.17. The molecule has 0 amide bonds. The summed E-state index contributed by atoms with van der Waals surface area (Å²) in [7, 11) is 3.62. The highest BCUT2D eigenvalue weighted by molar-refractivity contribution is 5.49. The van der Waals surface area contributed by atoms with Crippen LogP contribution in [0.1, 0.15) is 18.4 Å². The Morgan fingerprint density at radius 1 is 1.40 bits per heavy atom. The van der Waals surface area contributed by atoms with Crippen molar-refractivity contribution in [2.75, 3.05) is 19.0 Å². The first kappa shape index (κ1) is 11.7. The van der Waals surface area contributed by atoms with Gasteiger partial charge in [0.25, 0.3) is 0 Å². The normalized spacial score (nSPS) is 10.1. The van der Waals surface area contributed by atoms with Crippen LogP contribution in [-0.2, 0) is 11.2 Å². The molecule has 0 aliphatic rings. The Balaban J connectivity index is 2.69. The Kier molecular flexibility index (Phi) is 4.28. The number of hydrogen-bond acceptors (Lipinski definition) is 2. The lowest BCUT2D eigenvalue weighted by atomic mass is 10.1. The van der Waals surface area contributed by atoms with Crippen LogP contribution in [-0.4, -0.2) is 20.4 Å². The van der Waals surface area contributed by atoms with Crippen molar-refractivity contribution in [3.8, 4) is 0 Å². The summed E-state index contributed by atoms with van der Waals surface area (Å²) >= 11 is 0. The van der Waals surface area contributed by atoms with Gasteiger partial charge in [0.15, 0.2) is 0 Å². The number of carbonyl (C=O) groups excluding carboxylic acids is 1. The predicted molar refractivity (Wildman–Crippen MR) is 59.7 cm³/mol. The second kappa shape index (κ2) is 5.49. The van der Waals surface area contributed by atoms with Crippen molar-refractivity contribution in [3.63, 3.8) is 0 Å². The molecule has 3 heteroatoms. The Morgan fingerprint density at radius 2 is 2.13 bits per heavy atom. The lowest BCUT2D eigenvalue weighted by Crippen LogP contribution is -2.10. The van der Waals surface area contributed by atoms with Gasteiger partial charge in [0.1, 0.15) is 12.1 Å². The fourth-order valence-electron chi connectivity index (χ4n) is 1.46. The molecule has 0 atom stereocenters. The zero-order valence-electron chi connectivity index (χ0n) is 9.16. The van der Waals surface area contributed by atoms with Crippen LogP contribution in [0.15, 0.2) is 18.2 Å². The van der Waals surface area contributed by atoms with Crippen molar-refractivity contribution in [3.05, 3.63) is 29.6 Å². The van der Waals surface area contributed by atoms with Crippen LogP contribution in [0.2, 0.25) is 0 Å². The van der Waals surface area contributed by atoms with Gasteiger partial charge in [0.2, 0.25) is 0 Å². The Hall–Kier alpha value is -1.38. The molecule has 2 nitrogen and oxygen atoms in total. The van der Waals surface area contributed by atoms with E-state index >= 15 is 0 Å². The monoisotopic (exact) mass is 209 g/mol. The van der Waals surface area contributed by atoms with Gasteiger partial charge in [-0.05, 0) is 30.5 Å². The molecule has 82 valence electrons. The summed E-state index contributed by atoms with van der Waals surface area (Å²) < 4.78 is 13.5. The molecule has 0 aliphatic heterocycles. The molecule has 15 heavy (non-hydrogen) atoms. The molecular weight excluding hydrogens is 193 g/mol. The number of nitrogens with zero attached hydrogens (tertiary/aromatic N) is 1. The summed E-state index contributed by atoms with van der Waals surface area (Å²) in [6.45, 7) is 0. The van der Waals surface area contributed by atoms with Gasteiger partial charge in [-0.3, -0.25) is 0 Å². The van der Waals surface area contributed by atoms with E-state index in [-0.39, 0.29) is 5.82 Å². The van der Waals surface area contributed by atoms with Crippen LogP contribution in [0.5, 0.6) is 0 Å². The smallest absolute Gasteiger partial charge is 0.146 e. The summed E-state index contributed by atoms with van der Waals surface area (Å²) in [6.07, 6.45) is 2.97. The number of aryl methyl sites for hydroxylation is 1. The Labute approximate surface area is 89.7 Å². The second-order valence-corrected chi connectivity index (χ2v) is 3.74. The van der Waals surface area contributed by atoms with Gasteiger partial charge in [0, 0.05) is 20.5 Å². The molecule has 0 radical (unpaired) electrons. The highest BCUT2D eigenvalue weighted by atomic mass is 19.1. The molecule has 1 rings (SSSR count). The minimum Gasteiger partial charge on any atom is -0.375 e. The maximum absolute atomic E-state index is 13.5. The molecule has 0 heterocycles. The van der Waals surface area contributed by atoms with E-state index in [4.69, 9.17) is 0 Å². The quantitative estimate of drug-likeness (QED) is 0.548. The zero-order chi connectivity index (χ0) is 11.3. The number of anilines is 1. The number of aldehydes is 1. The van der Waals surface area contributed by atoms with Crippen molar-refractivity contribution >= 4 is 12.0 Å². The number of carbonyl (C=O) groups is 1. The third-order valence-electron chi connectivity index (χ3n) is 2.28. The summed E-state index contributed by atoms with van der Waals surface area (Å²) in [5, 5.41) is 0. The number of hydrogen-bond donors (Lipinski definition) is 0. The van der Waals surface area contributed by atoms with E-state index in [1.807, 2.05) is 20.2 Å². The molecule has 0 aliphatic carbocycles.